The van der Waals surface area contributed by atoms with Crippen LogP contribution in [0.4, 0.5) is 0 Å². The fraction of sp³-hybridized carbons (Fsp3) is 0.310. The van der Waals surface area contributed by atoms with Crippen LogP contribution in [0.2, 0.25) is 10.0 Å². The van der Waals surface area contributed by atoms with Gasteiger partial charge in [-0.05, 0) is 80.2 Å². The highest BCUT2D eigenvalue weighted by atomic mass is 35.5. The van der Waals surface area contributed by atoms with Crippen LogP contribution in [-0.2, 0) is 6.54 Å². The summed E-state index contributed by atoms with van der Waals surface area (Å²) in [4.78, 5) is 28.0. The van der Waals surface area contributed by atoms with E-state index in [1.54, 1.807) is 28.8 Å². The Balaban J connectivity index is 1.31. The van der Waals surface area contributed by atoms with E-state index in [0.29, 0.717) is 28.6 Å². The summed E-state index contributed by atoms with van der Waals surface area (Å²) in [6, 6.07) is 19.5. The molecule has 198 valence electrons. The van der Waals surface area contributed by atoms with E-state index in [0.717, 1.165) is 43.6 Å². The number of carbonyl (C=O) groups is 1. The van der Waals surface area contributed by atoms with Crippen LogP contribution in [0.1, 0.15) is 41.2 Å². The lowest BCUT2D eigenvalue weighted by Gasteiger charge is -2.36. The summed E-state index contributed by atoms with van der Waals surface area (Å²) in [6.07, 6.45) is 2.34. The van der Waals surface area contributed by atoms with Crippen molar-refractivity contribution in [3.05, 3.63) is 98.5 Å². The van der Waals surface area contributed by atoms with Gasteiger partial charge in [-0.25, -0.2) is 4.79 Å². The van der Waals surface area contributed by atoms with E-state index in [-0.39, 0.29) is 34.9 Å². The highest BCUT2D eigenvalue weighted by molar-refractivity contribution is 6.42. The molecule has 1 atom stereocenters. The van der Waals surface area contributed by atoms with Gasteiger partial charge in [0.15, 0.2) is 5.58 Å². The van der Waals surface area contributed by atoms with Gasteiger partial charge in [0.2, 0.25) is 0 Å². The predicted molar refractivity (Wildman–Crippen MR) is 149 cm³/mol. The van der Waals surface area contributed by atoms with Crippen molar-refractivity contribution >= 4 is 40.2 Å². The normalized spacial score (nSPS) is 15.5. The van der Waals surface area contributed by atoms with Crippen molar-refractivity contribution in [3.8, 4) is 5.75 Å². The van der Waals surface area contributed by atoms with Crippen LogP contribution in [0.25, 0.3) is 11.1 Å². The van der Waals surface area contributed by atoms with Gasteiger partial charge in [0.05, 0.1) is 21.1 Å². The average molecular weight is 554 g/mol. The highest BCUT2D eigenvalue weighted by Crippen LogP contribution is 2.33. The number of phenols is 1. The number of fused-ring (bicyclic) bond motifs is 1. The molecule has 2 heterocycles. The molecule has 3 aromatic carbocycles. The molecule has 0 radical (unpaired) electrons. The van der Waals surface area contributed by atoms with Gasteiger partial charge in [-0.15, -0.1) is 0 Å². The van der Waals surface area contributed by atoms with Gasteiger partial charge in [-0.2, -0.15) is 0 Å². The molecule has 1 fully saturated rings. The number of halogens is 2. The van der Waals surface area contributed by atoms with E-state index in [1.165, 1.54) is 6.07 Å². The van der Waals surface area contributed by atoms with Crippen molar-refractivity contribution in [3.63, 3.8) is 0 Å². The number of rotatable bonds is 8. The number of nitrogens with one attached hydrogen (secondary N) is 1. The van der Waals surface area contributed by atoms with E-state index in [2.05, 4.69) is 10.2 Å². The number of amides is 1. The zero-order chi connectivity index (χ0) is 26.6. The van der Waals surface area contributed by atoms with E-state index >= 15 is 0 Å². The van der Waals surface area contributed by atoms with Crippen molar-refractivity contribution in [1.82, 2.24) is 14.8 Å². The van der Waals surface area contributed by atoms with Crippen molar-refractivity contribution in [2.45, 2.75) is 31.8 Å². The van der Waals surface area contributed by atoms with Gasteiger partial charge in [0.1, 0.15) is 5.75 Å². The van der Waals surface area contributed by atoms with E-state index in [9.17, 15) is 14.7 Å². The van der Waals surface area contributed by atoms with Gasteiger partial charge in [-0.3, -0.25) is 14.3 Å². The second-order valence-corrected chi connectivity index (χ2v) is 10.5. The number of oxazole rings is 1. The average Bonchev–Trinajstić information content (AvgIpc) is 3.25. The topological polar surface area (TPSA) is 87.7 Å². The number of hydrogen-bond acceptors (Lipinski definition) is 5. The summed E-state index contributed by atoms with van der Waals surface area (Å²) in [7, 11) is 0. The van der Waals surface area contributed by atoms with Crippen LogP contribution in [0.3, 0.4) is 0 Å². The monoisotopic (exact) mass is 553 g/mol. The Bertz CT molecular complexity index is 1490. The minimum Gasteiger partial charge on any atom is -0.507 e. The van der Waals surface area contributed by atoms with Crippen LogP contribution in [0.15, 0.2) is 75.9 Å². The quantitative estimate of drug-likeness (QED) is 0.284. The molecule has 38 heavy (non-hydrogen) atoms. The fourth-order valence-electron chi connectivity index (χ4n) is 5.36. The molecule has 1 saturated heterocycles. The van der Waals surface area contributed by atoms with Gasteiger partial charge >= 0.3 is 5.76 Å². The van der Waals surface area contributed by atoms with Crippen LogP contribution in [0.5, 0.6) is 5.75 Å². The number of piperidine rings is 1. The molecule has 0 bridgehead atoms. The van der Waals surface area contributed by atoms with Gasteiger partial charge in [0.25, 0.3) is 5.91 Å². The molecular weight excluding hydrogens is 525 g/mol. The first kappa shape index (κ1) is 26.4. The Kier molecular flexibility index (Phi) is 8.07. The van der Waals surface area contributed by atoms with Gasteiger partial charge < -0.3 is 14.8 Å². The predicted octanol–water partition coefficient (Wildman–Crippen LogP) is 5.88. The first-order chi connectivity index (χ1) is 18.4. The largest absolute Gasteiger partial charge is 0.507 e. The number of carbonyl (C=O) groups excluding carboxylic acids is 1. The summed E-state index contributed by atoms with van der Waals surface area (Å²) in [5.74, 6) is -0.571. The molecule has 1 amide bonds. The standard InChI is InChI=1S/C29H29Cl2N3O4/c30-22-10-9-19(17-23(22)31)18-33-15-12-20(13-16-33)24(34-25-6-2-4-8-27(25)38-29(34)37)11-14-32-28(36)21-5-1-3-7-26(21)35/h1-10,17,20,24,35H,11-16,18H2,(H,32,36). The third-order valence-electron chi connectivity index (χ3n) is 7.29. The van der Waals surface area contributed by atoms with Crippen molar-refractivity contribution in [1.29, 1.82) is 0 Å². The van der Waals surface area contributed by atoms with E-state index in [4.69, 9.17) is 27.6 Å². The molecule has 9 heteroatoms. The zero-order valence-electron chi connectivity index (χ0n) is 20.8. The number of benzene rings is 3. The maximum Gasteiger partial charge on any atom is 0.420 e. The summed E-state index contributed by atoms with van der Waals surface area (Å²) in [6.45, 7) is 2.87. The lowest BCUT2D eigenvalue weighted by Crippen LogP contribution is -2.39. The van der Waals surface area contributed by atoms with Crippen LogP contribution < -0.4 is 11.1 Å². The number of nitrogens with zero attached hydrogens (tertiary/aromatic N) is 2. The lowest BCUT2D eigenvalue weighted by atomic mass is 9.87. The molecule has 1 aliphatic heterocycles. The smallest absolute Gasteiger partial charge is 0.420 e. The van der Waals surface area contributed by atoms with Crippen molar-refractivity contribution in [2.75, 3.05) is 19.6 Å². The summed E-state index contributed by atoms with van der Waals surface area (Å²) in [5, 5.41) is 14.0. The molecule has 0 spiro atoms. The van der Waals surface area contributed by atoms with Crippen LogP contribution >= 0.6 is 23.2 Å². The molecule has 2 N–H and O–H groups in total. The highest BCUT2D eigenvalue weighted by Gasteiger charge is 2.30. The third kappa shape index (κ3) is 5.75. The summed E-state index contributed by atoms with van der Waals surface area (Å²) in [5.41, 5.74) is 2.65. The molecule has 1 unspecified atom stereocenters. The number of hydrogen-bond donors (Lipinski definition) is 2. The number of aromatic hydroxyl groups is 1. The molecule has 7 nitrogen and oxygen atoms in total. The molecule has 1 aromatic heterocycles. The Morgan fingerprint density at radius 2 is 1.76 bits per heavy atom. The van der Waals surface area contributed by atoms with Crippen molar-refractivity contribution in [2.24, 2.45) is 5.92 Å². The maximum atomic E-state index is 13.0. The van der Waals surface area contributed by atoms with E-state index in [1.807, 2.05) is 36.4 Å². The van der Waals surface area contributed by atoms with Crippen LogP contribution in [0, 0.1) is 5.92 Å². The van der Waals surface area contributed by atoms with Crippen LogP contribution in [-0.4, -0.2) is 40.1 Å². The number of phenolic OH excluding ortho intramolecular Hbond substituents is 1. The first-order valence-electron chi connectivity index (χ1n) is 12.7. The second kappa shape index (κ2) is 11.6. The Morgan fingerprint density at radius 3 is 2.53 bits per heavy atom. The first-order valence-corrected chi connectivity index (χ1v) is 13.5. The Morgan fingerprint density at radius 1 is 1.03 bits per heavy atom. The molecule has 4 aromatic rings. The van der Waals surface area contributed by atoms with Crippen molar-refractivity contribution < 1.29 is 14.3 Å². The minimum atomic E-state index is -0.388. The summed E-state index contributed by atoms with van der Waals surface area (Å²) < 4.78 is 7.31. The second-order valence-electron chi connectivity index (χ2n) is 9.70. The number of aromatic nitrogens is 1. The Hall–Kier alpha value is -3.26. The fourth-order valence-corrected chi connectivity index (χ4v) is 5.68. The van der Waals surface area contributed by atoms with Gasteiger partial charge in [-0.1, -0.05) is 53.5 Å². The molecule has 5 rings (SSSR count). The lowest BCUT2D eigenvalue weighted by molar-refractivity contribution is 0.0942. The molecule has 0 saturated carbocycles. The summed E-state index contributed by atoms with van der Waals surface area (Å²) >= 11 is 12.3. The Labute approximate surface area is 230 Å². The number of likely N-dealkylation sites (tertiary alicyclic amines) is 1. The zero-order valence-corrected chi connectivity index (χ0v) is 22.3. The number of para-hydroxylation sites is 3. The minimum absolute atomic E-state index is 0.0621. The van der Waals surface area contributed by atoms with E-state index < -0.39 is 0 Å². The molecule has 0 aliphatic carbocycles. The SMILES string of the molecule is O=C(NCCC(C1CCN(Cc2ccc(Cl)c(Cl)c2)CC1)n1c(=O)oc2ccccc21)c1ccccc1O. The molecular formula is C29H29Cl2N3O4. The van der Waals surface area contributed by atoms with Gasteiger partial charge in [0, 0.05) is 19.1 Å². The third-order valence-corrected chi connectivity index (χ3v) is 8.03. The maximum absolute atomic E-state index is 13.0. The molecule has 1 aliphatic rings.